The van der Waals surface area contributed by atoms with Crippen LogP contribution in [0.25, 0.3) is 0 Å². The quantitative estimate of drug-likeness (QED) is 0.501. The van der Waals surface area contributed by atoms with Crippen LogP contribution in [0.5, 0.6) is 0 Å². The van der Waals surface area contributed by atoms with Gasteiger partial charge in [-0.25, -0.2) is 16.8 Å². The van der Waals surface area contributed by atoms with Crippen molar-refractivity contribution in [1.29, 1.82) is 0 Å². The lowest BCUT2D eigenvalue weighted by atomic mass is 10.2. The van der Waals surface area contributed by atoms with E-state index in [9.17, 15) is 21.6 Å². The fourth-order valence-electron chi connectivity index (χ4n) is 3.78. The first kappa shape index (κ1) is 25.6. The molecular formula is C23H21Cl2N3O5S2. The number of hydrogen-bond acceptors (Lipinski definition) is 5. The number of halogens is 2. The second-order valence-corrected chi connectivity index (χ2v) is 12.5. The second kappa shape index (κ2) is 10.3. The number of piperazine rings is 1. The van der Waals surface area contributed by atoms with Gasteiger partial charge in [0.25, 0.3) is 0 Å². The van der Waals surface area contributed by atoms with Crippen LogP contribution in [0.15, 0.2) is 88.7 Å². The Labute approximate surface area is 214 Å². The summed E-state index contributed by atoms with van der Waals surface area (Å²) in [7, 11) is -8.06. The molecule has 1 amide bonds. The van der Waals surface area contributed by atoms with Crippen molar-refractivity contribution in [3.8, 4) is 0 Å². The highest BCUT2D eigenvalue weighted by atomic mass is 35.5. The highest BCUT2D eigenvalue weighted by Gasteiger charge is 2.43. The second-order valence-electron chi connectivity index (χ2n) is 7.77. The molecule has 0 unspecified atom stereocenters. The maximum absolute atomic E-state index is 13.4. The molecule has 1 fully saturated rings. The number of anilines is 1. The maximum Gasteiger partial charge on any atom is 0.244 e. The van der Waals surface area contributed by atoms with Crippen molar-refractivity contribution in [2.45, 2.75) is 15.8 Å². The van der Waals surface area contributed by atoms with Gasteiger partial charge in [-0.1, -0.05) is 59.6 Å². The van der Waals surface area contributed by atoms with Crippen molar-refractivity contribution in [2.75, 3.05) is 25.0 Å². The Morgan fingerprint density at radius 2 is 1.29 bits per heavy atom. The summed E-state index contributed by atoms with van der Waals surface area (Å²) in [5.74, 6) is -0.712. The van der Waals surface area contributed by atoms with Gasteiger partial charge >= 0.3 is 0 Å². The number of carbonyl (C=O) groups is 1. The Bertz CT molecular complexity index is 1420. The van der Waals surface area contributed by atoms with Gasteiger partial charge in [-0.2, -0.15) is 8.61 Å². The lowest BCUT2D eigenvalue weighted by Crippen LogP contribution is -2.60. The van der Waals surface area contributed by atoms with Gasteiger partial charge in [-0.15, -0.1) is 0 Å². The van der Waals surface area contributed by atoms with Gasteiger partial charge in [-0.05, 0) is 42.5 Å². The van der Waals surface area contributed by atoms with Crippen LogP contribution in [0.3, 0.4) is 0 Å². The van der Waals surface area contributed by atoms with Crippen LogP contribution in [0.2, 0.25) is 10.0 Å². The average Bonchev–Trinajstić information content (AvgIpc) is 2.84. The van der Waals surface area contributed by atoms with Crippen molar-refractivity contribution in [3.63, 3.8) is 0 Å². The van der Waals surface area contributed by atoms with Crippen LogP contribution in [0, 0.1) is 0 Å². The number of sulfonamides is 2. The number of amides is 1. The monoisotopic (exact) mass is 553 g/mol. The van der Waals surface area contributed by atoms with Crippen LogP contribution >= 0.6 is 23.2 Å². The number of carbonyl (C=O) groups excluding carboxylic acids is 1. The smallest absolute Gasteiger partial charge is 0.244 e. The third-order valence-electron chi connectivity index (χ3n) is 5.46. The normalized spacial score (nSPS) is 17.7. The standard InChI is InChI=1S/C23H21Cl2N3O5S2/c24-17-13-18(25)15-19(14-17)26-23(29)22-16-27(34(30,31)20-7-3-1-4-8-20)11-12-28(22)35(32,33)21-9-5-2-6-10-21/h1-10,13-15,22H,11-12,16H2,(H,26,29)/t22-/m1/s1. The Balaban J connectivity index is 1.70. The van der Waals surface area contributed by atoms with Crippen molar-refractivity contribution in [3.05, 3.63) is 88.9 Å². The summed E-state index contributed by atoms with van der Waals surface area (Å²) in [5, 5.41) is 3.18. The van der Waals surface area contributed by atoms with Gasteiger partial charge in [-0.3, -0.25) is 4.79 Å². The molecular weight excluding hydrogens is 533 g/mol. The van der Waals surface area contributed by atoms with Crippen LogP contribution in [-0.2, 0) is 24.8 Å². The molecule has 3 aromatic carbocycles. The lowest BCUT2D eigenvalue weighted by Gasteiger charge is -2.38. The summed E-state index contributed by atoms with van der Waals surface area (Å²) in [4.78, 5) is 13.4. The zero-order valence-electron chi connectivity index (χ0n) is 18.2. The number of rotatable bonds is 6. The summed E-state index contributed by atoms with van der Waals surface area (Å²) >= 11 is 12.0. The first-order chi connectivity index (χ1) is 16.6. The molecule has 1 saturated heterocycles. The van der Waals surface area contributed by atoms with Crippen LogP contribution in [-0.4, -0.2) is 57.0 Å². The largest absolute Gasteiger partial charge is 0.325 e. The summed E-state index contributed by atoms with van der Waals surface area (Å²) in [5.41, 5.74) is 0.257. The topological polar surface area (TPSA) is 104 Å². The van der Waals surface area contributed by atoms with E-state index in [0.717, 1.165) is 8.61 Å². The lowest BCUT2D eigenvalue weighted by molar-refractivity contribution is -0.120. The van der Waals surface area contributed by atoms with E-state index < -0.39 is 32.0 Å². The molecule has 1 atom stereocenters. The molecule has 12 heteroatoms. The third kappa shape index (κ3) is 5.53. The van der Waals surface area contributed by atoms with Gasteiger partial charge in [0.15, 0.2) is 0 Å². The fraction of sp³-hybridized carbons (Fsp3) is 0.174. The molecule has 1 heterocycles. The van der Waals surface area contributed by atoms with E-state index in [1.807, 2.05) is 0 Å². The molecule has 0 aliphatic carbocycles. The number of hydrogen-bond donors (Lipinski definition) is 1. The Morgan fingerprint density at radius 3 is 1.83 bits per heavy atom. The molecule has 0 aromatic heterocycles. The summed E-state index contributed by atoms with van der Waals surface area (Å²) in [6.45, 7) is -0.697. The van der Waals surface area contributed by atoms with Gasteiger partial charge in [0.2, 0.25) is 26.0 Å². The predicted octanol–water partition coefficient (Wildman–Crippen LogP) is 3.70. The van der Waals surface area contributed by atoms with E-state index in [-0.39, 0.29) is 45.2 Å². The summed E-state index contributed by atoms with van der Waals surface area (Å²) in [6.07, 6.45) is 0. The SMILES string of the molecule is O=C(Nc1cc(Cl)cc(Cl)c1)[C@H]1CN(S(=O)(=O)c2ccccc2)CCN1S(=O)(=O)c1ccccc1. The highest BCUT2D eigenvalue weighted by Crippen LogP contribution is 2.27. The molecule has 0 radical (unpaired) electrons. The van der Waals surface area contributed by atoms with Crippen LogP contribution in [0.1, 0.15) is 0 Å². The van der Waals surface area contributed by atoms with E-state index in [1.165, 1.54) is 42.5 Å². The molecule has 1 aliphatic rings. The number of benzene rings is 3. The van der Waals surface area contributed by atoms with Gasteiger partial charge in [0, 0.05) is 35.4 Å². The number of nitrogens with one attached hydrogen (secondary N) is 1. The first-order valence-corrected chi connectivity index (χ1v) is 14.1. The molecule has 3 aromatic rings. The minimum absolute atomic E-state index is 0.00275. The highest BCUT2D eigenvalue weighted by molar-refractivity contribution is 7.89. The molecule has 35 heavy (non-hydrogen) atoms. The van der Waals surface area contributed by atoms with Crippen molar-refractivity contribution >= 4 is 54.8 Å². The summed E-state index contributed by atoms with van der Waals surface area (Å²) < 4.78 is 55.4. The zero-order valence-corrected chi connectivity index (χ0v) is 21.4. The zero-order chi connectivity index (χ0) is 25.2. The maximum atomic E-state index is 13.4. The van der Waals surface area contributed by atoms with Gasteiger partial charge in [0.1, 0.15) is 6.04 Å². The molecule has 0 bridgehead atoms. The molecule has 0 spiro atoms. The van der Waals surface area contributed by atoms with Crippen LogP contribution in [0.4, 0.5) is 5.69 Å². The summed E-state index contributed by atoms with van der Waals surface area (Å²) in [6, 6.07) is 18.5. The van der Waals surface area contributed by atoms with Gasteiger partial charge in [0.05, 0.1) is 9.79 Å². The minimum Gasteiger partial charge on any atom is -0.325 e. The van der Waals surface area contributed by atoms with Crippen LogP contribution < -0.4 is 5.32 Å². The van der Waals surface area contributed by atoms with E-state index in [4.69, 9.17) is 23.2 Å². The van der Waals surface area contributed by atoms with E-state index in [2.05, 4.69) is 5.32 Å². The first-order valence-electron chi connectivity index (χ1n) is 10.5. The van der Waals surface area contributed by atoms with Crippen molar-refractivity contribution in [1.82, 2.24) is 8.61 Å². The molecule has 0 saturated carbocycles. The van der Waals surface area contributed by atoms with E-state index >= 15 is 0 Å². The third-order valence-corrected chi connectivity index (χ3v) is 9.70. The van der Waals surface area contributed by atoms with E-state index in [0.29, 0.717) is 0 Å². The average molecular weight is 554 g/mol. The van der Waals surface area contributed by atoms with E-state index in [1.54, 1.807) is 36.4 Å². The fourth-order valence-corrected chi connectivity index (χ4v) is 7.36. The van der Waals surface area contributed by atoms with Crippen molar-refractivity contribution < 1.29 is 21.6 Å². The molecule has 8 nitrogen and oxygen atoms in total. The molecule has 1 N–H and O–H groups in total. The Kier molecular flexibility index (Phi) is 7.51. The minimum atomic E-state index is -4.10. The Morgan fingerprint density at radius 1 is 0.771 bits per heavy atom. The predicted molar refractivity (Wildman–Crippen MR) is 134 cm³/mol. The Hall–Kier alpha value is -2.47. The van der Waals surface area contributed by atoms with Gasteiger partial charge < -0.3 is 5.32 Å². The molecule has 1 aliphatic heterocycles. The van der Waals surface area contributed by atoms with Crippen molar-refractivity contribution in [2.24, 2.45) is 0 Å². The molecule has 184 valence electrons. The molecule has 4 rings (SSSR count). The number of nitrogens with zero attached hydrogens (tertiary/aromatic N) is 2.